The number of nitrogens with zero attached hydrogens (tertiary/aromatic N) is 5. The van der Waals surface area contributed by atoms with E-state index in [-0.39, 0.29) is 5.91 Å². The van der Waals surface area contributed by atoms with E-state index < -0.39 is 5.60 Å². The van der Waals surface area contributed by atoms with E-state index in [1.165, 1.54) is 6.26 Å². The first-order chi connectivity index (χ1) is 12.7. The van der Waals surface area contributed by atoms with Crippen molar-refractivity contribution in [3.05, 3.63) is 36.0 Å². The molecule has 0 bridgehead atoms. The van der Waals surface area contributed by atoms with Crippen molar-refractivity contribution in [1.82, 2.24) is 20.0 Å². The first-order valence-corrected chi connectivity index (χ1v) is 8.61. The number of hydrogen-bond donors (Lipinski definition) is 0. The number of ether oxygens (including phenoxy) is 2. The van der Waals surface area contributed by atoms with E-state index in [2.05, 4.69) is 15.1 Å². The van der Waals surface area contributed by atoms with Crippen molar-refractivity contribution < 1.29 is 18.8 Å². The van der Waals surface area contributed by atoms with Crippen LogP contribution < -0.4 is 4.90 Å². The third-order valence-corrected chi connectivity index (χ3v) is 4.70. The van der Waals surface area contributed by atoms with Gasteiger partial charge in [0.1, 0.15) is 17.4 Å². The summed E-state index contributed by atoms with van der Waals surface area (Å²) in [5.41, 5.74) is 0.459. The van der Waals surface area contributed by atoms with Gasteiger partial charge in [0, 0.05) is 25.5 Å². The molecule has 2 aromatic rings. The molecule has 138 valence electrons. The van der Waals surface area contributed by atoms with Gasteiger partial charge in [-0.2, -0.15) is 0 Å². The summed E-state index contributed by atoms with van der Waals surface area (Å²) in [4.78, 5) is 25.3. The number of carbonyl (C=O) groups excluding carboxylic acids is 1. The van der Waals surface area contributed by atoms with Gasteiger partial charge in [0.05, 0.1) is 38.6 Å². The number of rotatable bonds is 2. The van der Waals surface area contributed by atoms with Crippen LogP contribution in [0.5, 0.6) is 0 Å². The van der Waals surface area contributed by atoms with Crippen LogP contribution in [0.15, 0.2) is 29.2 Å². The van der Waals surface area contributed by atoms with Gasteiger partial charge in [0.2, 0.25) is 5.95 Å². The van der Waals surface area contributed by atoms with Crippen LogP contribution in [0.1, 0.15) is 16.1 Å². The van der Waals surface area contributed by atoms with E-state index in [4.69, 9.17) is 14.0 Å². The zero-order valence-corrected chi connectivity index (χ0v) is 14.6. The third-order valence-electron chi connectivity index (χ3n) is 4.70. The number of carbonyl (C=O) groups is 1. The Labute approximate surface area is 150 Å². The van der Waals surface area contributed by atoms with Gasteiger partial charge in [-0.05, 0) is 13.0 Å². The van der Waals surface area contributed by atoms with Gasteiger partial charge >= 0.3 is 0 Å². The Morgan fingerprint density at radius 2 is 2.04 bits per heavy atom. The van der Waals surface area contributed by atoms with Crippen molar-refractivity contribution in [2.75, 3.05) is 50.9 Å². The normalized spacial score (nSPS) is 23.9. The predicted octanol–water partition coefficient (Wildman–Crippen LogP) is 0.521. The first-order valence-electron chi connectivity index (χ1n) is 8.61. The molecule has 0 N–H and O–H groups in total. The van der Waals surface area contributed by atoms with Gasteiger partial charge in [-0.15, -0.1) is 0 Å². The lowest BCUT2D eigenvalue weighted by Gasteiger charge is -2.43. The second kappa shape index (κ2) is 7.00. The summed E-state index contributed by atoms with van der Waals surface area (Å²) in [5.74, 6) is 0.539. The summed E-state index contributed by atoms with van der Waals surface area (Å²) in [6, 6.07) is 1.78. The minimum atomic E-state index is -0.616. The van der Waals surface area contributed by atoms with Crippen molar-refractivity contribution in [3.63, 3.8) is 0 Å². The molecule has 2 aliphatic heterocycles. The van der Waals surface area contributed by atoms with E-state index >= 15 is 0 Å². The Balaban J connectivity index is 1.54. The van der Waals surface area contributed by atoms with Crippen LogP contribution >= 0.6 is 0 Å². The average molecular weight is 359 g/mol. The Bertz CT molecular complexity index is 768. The summed E-state index contributed by atoms with van der Waals surface area (Å²) in [5, 5.41) is 3.80. The van der Waals surface area contributed by atoms with E-state index in [0.717, 1.165) is 0 Å². The summed E-state index contributed by atoms with van der Waals surface area (Å²) >= 11 is 0. The fourth-order valence-electron chi connectivity index (χ4n) is 3.40. The highest BCUT2D eigenvalue weighted by Crippen LogP contribution is 2.25. The summed E-state index contributed by atoms with van der Waals surface area (Å²) in [6.45, 7) is 5.37. The Hall–Kier alpha value is -2.52. The monoisotopic (exact) mass is 359 g/mol. The lowest BCUT2D eigenvalue weighted by molar-refractivity contribution is -0.124. The van der Waals surface area contributed by atoms with Crippen LogP contribution in [0, 0.1) is 6.92 Å². The zero-order valence-electron chi connectivity index (χ0n) is 14.6. The van der Waals surface area contributed by atoms with E-state index in [0.29, 0.717) is 63.2 Å². The van der Waals surface area contributed by atoms with Crippen LogP contribution in [0.3, 0.4) is 0 Å². The highest BCUT2D eigenvalue weighted by molar-refractivity contribution is 5.95. The Morgan fingerprint density at radius 1 is 1.19 bits per heavy atom. The molecular formula is C17H21N5O4. The molecule has 26 heavy (non-hydrogen) atoms. The molecule has 2 saturated heterocycles. The predicted molar refractivity (Wildman–Crippen MR) is 90.9 cm³/mol. The summed E-state index contributed by atoms with van der Waals surface area (Å²) < 4.78 is 16.8. The van der Waals surface area contributed by atoms with Crippen molar-refractivity contribution in [2.45, 2.75) is 12.5 Å². The maximum atomic E-state index is 12.8. The number of anilines is 1. The van der Waals surface area contributed by atoms with Crippen molar-refractivity contribution >= 4 is 11.9 Å². The highest BCUT2D eigenvalue weighted by Gasteiger charge is 2.42. The molecule has 2 fully saturated rings. The van der Waals surface area contributed by atoms with Gasteiger partial charge in [-0.3, -0.25) is 4.79 Å². The highest BCUT2D eigenvalue weighted by atomic mass is 16.5. The summed E-state index contributed by atoms with van der Waals surface area (Å²) in [6.07, 6.45) is 4.83. The van der Waals surface area contributed by atoms with Gasteiger partial charge in [0.25, 0.3) is 5.91 Å². The van der Waals surface area contributed by atoms with Crippen LogP contribution in [-0.2, 0) is 9.47 Å². The topological polar surface area (TPSA) is 93.8 Å². The second-order valence-electron chi connectivity index (χ2n) is 6.59. The molecular weight excluding hydrogens is 338 g/mol. The molecule has 0 saturated carbocycles. The molecule has 0 aromatic carbocycles. The number of amides is 1. The average Bonchev–Trinajstić information content (AvgIpc) is 3.00. The molecule has 0 radical (unpaired) electrons. The molecule has 2 aromatic heterocycles. The van der Waals surface area contributed by atoms with Crippen LogP contribution in [-0.4, -0.2) is 77.5 Å². The van der Waals surface area contributed by atoms with Crippen LogP contribution in [0.2, 0.25) is 0 Å². The number of hydrogen-bond acceptors (Lipinski definition) is 8. The minimum Gasteiger partial charge on any atom is -0.376 e. The quantitative estimate of drug-likeness (QED) is 0.766. The number of morpholine rings is 1. The maximum absolute atomic E-state index is 12.8. The van der Waals surface area contributed by atoms with Gasteiger partial charge in [-0.1, -0.05) is 5.16 Å². The van der Waals surface area contributed by atoms with Crippen molar-refractivity contribution in [1.29, 1.82) is 0 Å². The van der Waals surface area contributed by atoms with Crippen LogP contribution in [0.4, 0.5) is 5.95 Å². The maximum Gasteiger partial charge on any atom is 0.259 e. The fourth-order valence-corrected chi connectivity index (χ4v) is 3.40. The van der Waals surface area contributed by atoms with Gasteiger partial charge < -0.3 is 23.8 Å². The minimum absolute atomic E-state index is 0.0989. The van der Waals surface area contributed by atoms with Crippen molar-refractivity contribution in [3.8, 4) is 0 Å². The lowest BCUT2D eigenvalue weighted by atomic mass is 10.0. The summed E-state index contributed by atoms with van der Waals surface area (Å²) in [7, 11) is 0. The van der Waals surface area contributed by atoms with E-state index in [1.54, 1.807) is 30.3 Å². The molecule has 1 atom stereocenters. The molecule has 1 spiro atoms. The zero-order chi connectivity index (χ0) is 18.0. The fraction of sp³-hybridized carbons (Fsp3) is 0.529. The molecule has 0 aliphatic carbocycles. The molecule has 9 nitrogen and oxygen atoms in total. The lowest BCUT2D eigenvalue weighted by Crippen LogP contribution is -2.60. The molecule has 4 heterocycles. The smallest absolute Gasteiger partial charge is 0.259 e. The van der Waals surface area contributed by atoms with Crippen molar-refractivity contribution in [2.24, 2.45) is 0 Å². The van der Waals surface area contributed by atoms with E-state index in [1.807, 2.05) is 4.90 Å². The molecule has 0 unspecified atom stereocenters. The third kappa shape index (κ3) is 3.27. The molecule has 2 aliphatic rings. The Morgan fingerprint density at radius 3 is 2.81 bits per heavy atom. The molecule has 9 heteroatoms. The van der Waals surface area contributed by atoms with Gasteiger partial charge in [-0.25, -0.2) is 9.97 Å². The number of aromatic nitrogens is 3. The van der Waals surface area contributed by atoms with Crippen LogP contribution in [0.25, 0.3) is 0 Å². The standard InChI is InChI=1S/C17H21N5O4/c1-13-14(9-26-20-13)15(23)21-6-8-25-17(10-21)11-22(5-7-24-12-17)16-18-3-2-4-19-16/h2-4,9H,5-8,10-12H2,1H3/t17-/m0/s1. The van der Waals surface area contributed by atoms with E-state index in [9.17, 15) is 4.79 Å². The molecule has 1 amide bonds. The Kier molecular flexibility index (Phi) is 4.56. The SMILES string of the molecule is Cc1nocc1C(=O)N1CCO[C@@]2(COCCN(c3ncccn3)C2)C1. The first kappa shape index (κ1) is 16.9. The second-order valence-corrected chi connectivity index (χ2v) is 6.59. The number of aryl methyl sites for hydroxylation is 1. The van der Waals surface area contributed by atoms with Gasteiger partial charge in [0.15, 0.2) is 0 Å². The largest absolute Gasteiger partial charge is 0.376 e. The molecule has 4 rings (SSSR count).